The summed E-state index contributed by atoms with van der Waals surface area (Å²) in [5.41, 5.74) is 2.18. The highest BCUT2D eigenvalue weighted by Gasteiger charge is 2.25. The molecule has 0 heterocycles. The van der Waals surface area contributed by atoms with Crippen LogP contribution in [0.4, 0.5) is 0 Å². The average Bonchev–Trinajstić information content (AvgIpc) is 2.78. The molecule has 3 aromatic rings. The molecule has 0 fully saturated rings. The second kappa shape index (κ2) is 10.2. The normalized spacial score (nSPS) is 12.6. The van der Waals surface area contributed by atoms with Crippen molar-refractivity contribution in [2.45, 2.75) is 25.2 Å². The number of carbonyl (C=O) groups excluding carboxylic acids is 1. The molecule has 0 radical (unpaired) electrons. The lowest BCUT2D eigenvalue weighted by atomic mass is 10.0. The molecule has 3 N–H and O–H groups in total. The van der Waals surface area contributed by atoms with Gasteiger partial charge in [-0.15, -0.1) is 0 Å². The number of rotatable bonds is 9. The van der Waals surface area contributed by atoms with Crippen molar-refractivity contribution in [3.8, 4) is 5.75 Å². The number of ether oxygens (including phenoxy) is 1. The largest absolute Gasteiger partial charge is 0.489 e. The number of amides is 1. The van der Waals surface area contributed by atoms with E-state index in [-0.39, 0.29) is 6.42 Å². The van der Waals surface area contributed by atoms with Crippen molar-refractivity contribution in [1.29, 1.82) is 0 Å². The fourth-order valence-corrected chi connectivity index (χ4v) is 2.94. The van der Waals surface area contributed by atoms with E-state index < -0.39 is 24.0 Å². The third-order valence-electron chi connectivity index (χ3n) is 4.59. The third kappa shape index (κ3) is 5.93. The van der Waals surface area contributed by atoms with Crippen LogP contribution < -0.4 is 10.1 Å². The van der Waals surface area contributed by atoms with Gasteiger partial charge < -0.3 is 20.3 Å². The van der Waals surface area contributed by atoms with Gasteiger partial charge in [0.25, 0.3) is 5.91 Å². The Kier molecular flexibility index (Phi) is 7.19. The number of carboxylic acids is 1. The number of carbonyl (C=O) groups is 2. The van der Waals surface area contributed by atoms with E-state index in [1.165, 1.54) is 0 Å². The number of aliphatic hydroxyl groups is 1. The molecular weight excluding hydrogens is 382 g/mol. The second-order valence-corrected chi connectivity index (χ2v) is 6.83. The standard InChI is InChI=1S/C24H23NO5/c26-22(19-9-5-2-6-10-19)23(27)25-21(24(28)29)15-17-11-13-20(14-12-17)30-16-18-7-3-1-4-8-18/h1-14,21-22,26H,15-16H2,(H,25,27)(H,28,29)/t21-,22-/m0/s1. The molecule has 0 unspecified atom stereocenters. The summed E-state index contributed by atoms with van der Waals surface area (Å²) in [5, 5.41) is 22.0. The minimum Gasteiger partial charge on any atom is -0.489 e. The number of nitrogens with one attached hydrogen (secondary N) is 1. The minimum absolute atomic E-state index is 0.0849. The Morgan fingerprint density at radius 3 is 2.03 bits per heavy atom. The summed E-state index contributed by atoms with van der Waals surface area (Å²) < 4.78 is 5.73. The molecule has 0 saturated carbocycles. The Morgan fingerprint density at radius 2 is 1.43 bits per heavy atom. The molecule has 30 heavy (non-hydrogen) atoms. The van der Waals surface area contributed by atoms with Gasteiger partial charge in [0.05, 0.1) is 0 Å². The maximum absolute atomic E-state index is 12.3. The van der Waals surface area contributed by atoms with E-state index in [0.717, 1.165) is 11.1 Å². The molecule has 154 valence electrons. The summed E-state index contributed by atoms with van der Waals surface area (Å²) in [6, 6.07) is 24.0. The van der Waals surface area contributed by atoms with E-state index in [4.69, 9.17) is 4.74 Å². The van der Waals surface area contributed by atoms with Gasteiger partial charge in [0, 0.05) is 6.42 Å². The van der Waals surface area contributed by atoms with Crippen LogP contribution in [0, 0.1) is 0 Å². The van der Waals surface area contributed by atoms with Crippen LogP contribution >= 0.6 is 0 Å². The quantitative estimate of drug-likeness (QED) is 0.508. The van der Waals surface area contributed by atoms with Gasteiger partial charge in [-0.05, 0) is 28.8 Å². The molecule has 6 heteroatoms. The van der Waals surface area contributed by atoms with Gasteiger partial charge in [0.15, 0.2) is 6.10 Å². The molecule has 0 saturated heterocycles. The molecular formula is C24H23NO5. The zero-order valence-electron chi connectivity index (χ0n) is 16.3. The zero-order valence-corrected chi connectivity index (χ0v) is 16.3. The highest BCUT2D eigenvalue weighted by molar-refractivity contribution is 5.87. The molecule has 0 aromatic heterocycles. The van der Waals surface area contributed by atoms with Gasteiger partial charge in [-0.2, -0.15) is 0 Å². The van der Waals surface area contributed by atoms with Gasteiger partial charge in [0.2, 0.25) is 0 Å². The number of aliphatic hydroxyl groups excluding tert-OH is 1. The maximum atomic E-state index is 12.3. The smallest absolute Gasteiger partial charge is 0.326 e. The third-order valence-corrected chi connectivity index (χ3v) is 4.59. The Hall–Kier alpha value is -3.64. The van der Waals surface area contributed by atoms with Gasteiger partial charge in [-0.25, -0.2) is 4.79 Å². The van der Waals surface area contributed by atoms with E-state index in [1.807, 2.05) is 30.3 Å². The van der Waals surface area contributed by atoms with Crippen molar-refractivity contribution >= 4 is 11.9 Å². The Morgan fingerprint density at radius 1 is 0.833 bits per heavy atom. The molecule has 0 aliphatic heterocycles. The van der Waals surface area contributed by atoms with Crippen LogP contribution in [0.15, 0.2) is 84.9 Å². The van der Waals surface area contributed by atoms with Gasteiger partial charge >= 0.3 is 5.97 Å². The summed E-state index contributed by atoms with van der Waals surface area (Å²) in [5.74, 6) is -1.26. The Bertz CT molecular complexity index is 958. The fraction of sp³-hybridized carbons (Fsp3) is 0.167. The van der Waals surface area contributed by atoms with E-state index in [0.29, 0.717) is 17.9 Å². The first kappa shape index (κ1) is 21.1. The molecule has 1 amide bonds. The number of hydrogen-bond acceptors (Lipinski definition) is 4. The highest BCUT2D eigenvalue weighted by Crippen LogP contribution is 2.16. The van der Waals surface area contributed by atoms with Crippen molar-refractivity contribution in [3.63, 3.8) is 0 Å². The minimum atomic E-state index is -1.43. The summed E-state index contributed by atoms with van der Waals surface area (Å²) in [4.78, 5) is 23.9. The summed E-state index contributed by atoms with van der Waals surface area (Å²) in [6.07, 6.45) is -1.34. The molecule has 0 bridgehead atoms. The first-order valence-electron chi connectivity index (χ1n) is 9.55. The lowest BCUT2D eigenvalue weighted by Crippen LogP contribution is -2.44. The number of benzene rings is 3. The predicted molar refractivity (Wildman–Crippen MR) is 112 cm³/mol. The average molecular weight is 405 g/mol. The van der Waals surface area contributed by atoms with Crippen molar-refractivity contribution in [3.05, 3.63) is 102 Å². The van der Waals surface area contributed by atoms with Crippen LogP contribution in [0.25, 0.3) is 0 Å². The van der Waals surface area contributed by atoms with E-state index in [2.05, 4.69) is 5.32 Å². The van der Waals surface area contributed by atoms with Crippen molar-refractivity contribution < 1.29 is 24.5 Å². The second-order valence-electron chi connectivity index (χ2n) is 6.83. The first-order valence-corrected chi connectivity index (χ1v) is 9.55. The SMILES string of the molecule is O=C(O)[C@H](Cc1ccc(OCc2ccccc2)cc1)NC(=O)[C@@H](O)c1ccccc1. The molecule has 3 aromatic carbocycles. The maximum Gasteiger partial charge on any atom is 0.326 e. The van der Waals surface area contributed by atoms with Crippen LogP contribution in [0.1, 0.15) is 22.8 Å². The van der Waals surface area contributed by atoms with Crippen LogP contribution in [-0.4, -0.2) is 28.1 Å². The lowest BCUT2D eigenvalue weighted by Gasteiger charge is -2.18. The fourth-order valence-electron chi connectivity index (χ4n) is 2.94. The summed E-state index contributed by atoms with van der Waals surface area (Å²) in [7, 11) is 0. The van der Waals surface area contributed by atoms with Crippen LogP contribution in [-0.2, 0) is 22.6 Å². The molecule has 2 atom stereocenters. The summed E-state index contributed by atoms with van der Waals surface area (Å²) in [6.45, 7) is 0.436. The lowest BCUT2D eigenvalue weighted by molar-refractivity contribution is -0.143. The van der Waals surface area contributed by atoms with E-state index >= 15 is 0 Å². The summed E-state index contributed by atoms with van der Waals surface area (Å²) >= 11 is 0. The zero-order chi connectivity index (χ0) is 21.3. The van der Waals surface area contributed by atoms with Crippen LogP contribution in [0.5, 0.6) is 5.75 Å². The molecule has 0 spiro atoms. The van der Waals surface area contributed by atoms with Crippen molar-refractivity contribution in [1.82, 2.24) is 5.32 Å². The van der Waals surface area contributed by atoms with Gasteiger partial charge in [-0.3, -0.25) is 4.79 Å². The van der Waals surface area contributed by atoms with Crippen molar-refractivity contribution in [2.75, 3.05) is 0 Å². The van der Waals surface area contributed by atoms with Crippen LogP contribution in [0.2, 0.25) is 0 Å². The van der Waals surface area contributed by atoms with Gasteiger partial charge in [-0.1, -0.05) is 72.8 Å². The Labute approximate surface area is 174 Å². The molecule has 6 nitrogen and oxygen atoms in total. The number of hydrogen-bond donors (Lipinski definition) is 3. The first-order chi connectivity index (χ1) is 14.5. The highest BCUT2D eigenvalue weighted by atomic mass is 16.5. The predicted octanol–water partition coefficient (Wildman–Crippen LogP) is 3.11. The van der Waals surface area contributed by atoms with E-state index in [1.54, 1.807) is 54.6 Å². The van der Waals surface area contributed by atoms with Crippen molar-refractivity contribution in [2.24, 2.45) is 0 Å². The number of aliphatic carboxylic acids is 1. The van der Waals surface area contributed by atoms with E-state index in [9.17, 15) is 19.8 Å². The molecule has 0 aliphatic rings. The Balaban J connectivity index is 1.58. The monoisotopic (exact) mass is 405 g/mol. The molecule has 0 aliphatic carbocycles. The molecule has 3 rings (SSSR count). The van der Waals surface area contributed by atoms with Gasteiger partial charge in [0.1, 0.15) is 18.4 Å². The topological polar surface area (TPSA) is 95.9 Å². The van der Waals surface area contributed by atoms with Crippen LogP contribution in [0.3, 0.4) is 0 Å². The number of carboxylic acid groups (broad SMARTS) is 1.